The lowest BCUT2D eigenvalue weighted by Crippen LogP contribution is -3.00. The van der Waals surface area contributed by atoms with Crippen LogP contribution in [0.5, 0.6) is 0 Å². The van der Waals surface area contributed by atoms with Crippen molar-refractivity contribution in [2.24, 2.45) is 0 Å². The molecule has 2 aliphatic heterocycles. The van der Waals surface area contributed by atoms with E-state index in [1.807, 2.05) is 40.5 Å². The van der Waals surface area contributed by atoms with Gasteiger partial charge in [-0.1, -0.05) is 63.5 Å². The van der Waals surface area contributed by atoms with Gasteiger partial charge in [0.15, 0.2) is 13.6 Å². The van der Waals surface area contributed by atoms with Crippen molar-refractivity contribution >= 4 is 56.5 Å². The highest BCUT2D eigenvalue weighted by atomic mass is 35.5. The maximum absolute atomic E-state index is 13.4. The zero-order valence-corrected chi connectivity index (χ0v) is 45.8. The molecule has 19 heteroatoms. The van der Waals surface area contributed by atoms with Crippen molar-refractivity contribution < 1.29 is 54.5 Å². The second-order valence-electron chi connectivity index (χ2n) is 20.8. The predicted octanol–water partition coefficient (Wildman–Crippen LogP) is 5.96. The molecule has 2 aliphatic rings. The fourth-order valence-electron chi connectivity index (χ4n) is 8.01. The molecule has 0 bridgehead atoms. The van der Waals surface area contributed by atoms with Crippen LogP contribution in [-0.2, 0) is 51.6 Å². The molecule has 0 saturated carbocycles. The third-order valence-corrected chi connectivity index (χ3v) is 15.0. The second kappa shape index (κ2) is 25.5. The number of hydrogen-bond acceptors (Lipinski definition) is 9. The average molecular weight is 1030 g/mol. The zero-order valence-electron chi connectivity index (χ0n) is 43.1. The summed E-state index contributed by atoms with van der Waals surface area (Å²) in [5.74, 6) is -0.960. The van der Waals surface area contributed by atoms with Crippen LogP contribution in [0.3, 0.4) is 0 Å². The Hall–Kier alpha value is -5.19. The number of benzene rings is 2. The first-order chi connectivity index (χ1) is 33.2. The highest BCUT2D eigenvalue weighted by Gasteiger charge is 2.31. The lowest BCUT2D eigenvalue weighted by Gasteiger charge is -2.27. The smallest absolute Gasteiger partial charge is 0.296 e. The Kier molecular flexibility index (Phi) is 20.3. The summed E-state index contributed by atoms with van der Waals surface area (Å²) in [5, 5.41) is 4.82. The molecule has 0 saturated heterocycles. The van der Waals surface area contributed by atoms with Gasteiger partial charge < -0.3 is 35.9 Å². The number of halogens is 3. The first-order valence-corrected chi connectivity index (χ1v) is 31.2. The van der Waals surface area contributed by atoms with E-state index < -0.39 is 16.1 Å². The molecule has 2 aromatic carbocycles. The fourth-order valence-corrected chi connectivity index (χ4v) is 9.52. The Morgan fingerprint density at radius 3 is 1.62 bits per heavy atom. The molecule has 2 amide bonds. The largest absolute Gasteiger partial charge is 1.00 e. The summed E-state index contributed by atoms with van der Waals surface area (Å²) in [5.41, 5.74) is 7.85. The van der Waals surface area contributed by atoms with Crippen LogP contribution in [0.4, 0.5) is 8.78 Å². The van der Waals surface area contributed by atoms with Crippen LogP contribution < -0.4 is 12.4 Å². The third-order valence-electron chi connectivity index (χ3n) is 11.6. The monoisotopic (exact) mass is 1030 g/mol. The molecule has 0 fully saturated rings. The summed E-state index contributed by atoms with van der Waals surface area (Å²) in [6.07, 6.45) is 8.92. The number of amides is 2. The molecule has 71 heavy (non-hydrogen) atoms. The van der Waals surface area contributed by atoms with Gasteiger partial charge in [0.25, 0.3) is 11.8 Å². The van der Waals surface area contributed by atoms with Crippen LogP contribution >= 0.6 is 0 Å². The molecule has 0 radical (unpaired) electrons. The van der Waals surface area contributed by atoms with E-state index in [0.29, 0.717) is 63.6 Å². The molecular weight excluding hydrogens is 962 g/mol. The summed E-state index contributed by atoms with van der Waals surface area (Å²) < 4.78 is 43.7. The summed E-state index contributed by atoms with van der Waals surface area (Å²) >= 11 is 0. The number of hydrogen-bond donors (Lipinski definition) is 0. The number of aromatic nitrogens is 4. The van der Waals surface area contributed by atoms with E-state index in [-0.39, 0.29) is 49.4 Å². The summed E-state index contributed by atoms with van der Waals surface area (Å²) in [7, 11) is 5.51. The molecule has 6 heterocycles. The molecular formula is C52H71ClF2N8O6Si2. The second-order valence-corrected chi connectivity index (χ2v) is 32.0. The number of nitrogens with zero attached hydrogens (tertiary/aromatic N) is 8. The van der Waals surface area contributed by atoms with Gasteiger partial charge in [-0.15, -0.1) is 0 Å². The number of rotatable bonds is 18. The third kappa shape index (κ3) is 16.2. The van der Waals surface area contributed by atoms with Gasteiger partial charge in [0.2, 0.25) is 0 Å². The van der Waals surface area contributed by atoms with Crippen molar-refractivity contribution in [3.05, 3.63) is 130 Å². The number of carbonyl (C=O) groups excluding carboxylic acids is 2. The molecule has 8 rings (SSSR count). The van der Waals surface area contributed by atoms with E-state index in [1.165, 1.54) is 34.4 Å². The maximum Gasteiger partial charge on any atom is 0.296 e. The van der Waals surface area contributed by atoms with Crippen LogP contribution in [0.25, 0.3) is 21.8 Å². The summed E-state index contributed by atoms with van der Waals surface area (Å²) in [4.78, 5) is 48.4. The van der Waals surface area contributed by atoms with Crippen molar-refractivity contribution in [2.75, 3.05) is 68.1 Å². The van der Waals surface area contributed by atoms with E-state index in [0.717, 1.165) is 68.3 Å². The predicted molar refractivity (Wildman–Crippen MR) is 277 cm³/mol. The van der Waals surface area contributed by atoms with E-state index >= 15 is 0 Å². The minimum atomic E-state index is -1.17. The summed E-state index contributed by atoms with van der Waals surface area (Å²) in [6.45, 7) is 21.5. The van der Waals surface area contributed by atoms with Gasteiger partial charge in [-0.05, 0) is 97.2 Å². The molecule has 384 valence electrons. The van der Waals surface area contributed by atoms with E-state index in [4.69, 9.17) is 19.1 Å². The van der Waals surface area contributed by atoms with Crippen molar-refractivity contribution in [3.8, 4) is 0 Å². The van der Waals surface area contributed by atoms with Crippen LogP contribution in [0.1, 0.15) is 48.8 Å². The van der Waals surface area contributed by atoms with Crippen molar-refractivity contribution in [1.82, 2.24) is 34.1 Å². The number of carbonyl (C=O) groups is 2. The molecule has 0 atom stereocenters. The number of fused-ring (bicyclic) bond motifs is 6. The lowest BCUT2D eigenvalue weighted by molar-refractivity contribution is -0.454. The number of pyridine rings is 2. The Balaban J connectivity index is 0.000000244. The lowest BCUT2D eigenvalue weighted by atomic mass is 9.99. The molecule has 6 aromatic rings. The van der Waals surface area contributed by atoms with Crippen LogP contribution in [0.2, 0.25) is 51.4 Å². The minimum absolute atomic E-state index is 0. The highest BCUT2D eigenvalue weighted by molar-refractivity contribution is 6.76. The number of hydroxylamine groups is 4. The van der Waals surface area contributed by atoms with Crippen molar-refractivity contribution in [3.63, 3.8) is 0 Å². The van der Waals surface area contributed by atoms with E-state index in [1.54, 1.807) is 41.2 Å². The Morgan fingerprint density at radius 2 is 1.14 bits per heavy atom. The van der Waals surface area contributed by atoms with Gasteiger partial charge in [0, 0.05) is 72.2 Å². The molecule has 0 N–H and O–H groups in total. The van der Waals surface area contributed by atoms with Gasteiger partial charge in [-0.3, -0.25) is 9.59 Å². The van der Waals surface area contributed by atoms with Gasteiger partial charge in [-0.2, -0.15) is 0 Å². The highest BCUT2D eigenvalue weighted by Crippen LogP contribution is 2.32. The topological polar surface area (TPSA) is 119 Å². The van der Waals surface area contributed by atoms with Crippen LogP contribution in [-0.4, -0.2) is 141 Å². The number of ether oxygens (including phenoxy) is 2. The normalized spacial score (nSPS) is 13.6. The van der Waals surface area contributed by atoms with E-state index in [2.05, 4.69) is 76.2 Å². The SMILES string of the molecule is C=[N+](C)C.CN(C)Cc1cn(Cc2ccc(F)cc2)c2cnc3c(c12)CCN(OCOCC[Si](C)(C)C)C3=O.C[Si](C)(C)CCOCON1CCc2c(ncc3c2ccn3Cc2ccc(F)cc2)C1=O.[Cl-]. The molecule has 0 aliphatic carbocycles. The van der Waals surface area contributed by atoms with Crippen molar-refractivity contribution in [2.45, 2.75) is 83.8 Å². The molecule has 0 spiro atoms. The van der Waals surface area contributed by atoms with Crippen LogP contribution in [0, 0.1) is 11.6 Å². The molecule has 0 unspecified atom stereocenters. The van der Waals surface area contributed by atoms with Crippen molar-refractivity contribution in [1.29, 1.82) is 0 Å². The average Bonchev–Trinajstić information content (AvgIpc) is 3.86. The quantitative estimate of drug-likeness (QED) is 0.0338. The molecule has 4 aromatic heterocycles. The van der Waals surface area contributed by atoms with Crippen LogP contribution in [0.15, 0.2) is 79.4 Å². The van der Waals surface area contributed by atoms with Gasteiger partial charge >= 0.3 is 0 Å². The molecule has 14 nitrogen and oxygen atoms in total. The zero-order chi connectivity index (χ0) is 50.8. The van der Waals surface area contributed by atoms with Gasteiger partial charge in [0.05, 0.1) is 36.5 Å². The van der Waals surface area contributed by atoms with Gasteiger partial charge in [0.1, 0.15) is 43.8 Å². The minimum Gasteiger partial charge on any atom is -1.00 e. The Morgan fingerprint density at radius 1 is 0.690 bits per heavy atom. The summed E-state index contributed by atoms with van der Waals surface area (Å²) in [6, 6.07) is 17.1. The van der Waals surface area contributed by atoms with E-state index in [9.17, 15) is 18.4 Å². The Bertz CT molecular complexity index is 2740. The van der Waals surface area contributed by atoms with Gasteiger partial charge in [-0.25, -0.2) is 43.1 Å². The Labute approximate surface area is 425 Å². The first-order valence-electron chi connectivity index (χ1n) is 23.8. The maximum atomic E-state index is 13.4. The fraction of sp³-hybridized carbons (Fsp3) is 0.442. The first kappa shape index (κ1) is 56.7. The standard InChI is InChI=1S/C26H35FN4O3Si.C23H28FN3O3Si.C3H8N.ClH/c1-29(2)16-20-17-30(15-19-6-8-21(27)9-7-19)23-14-28-25-22(24(20)23)10-11-31(26(25)32)34-18-33-12-13-35(3,4)5;1-31(2,3)13-12-29-16-30-27-11-9-20-19-8-10-26(15-17-4-6-18(24)7-5-17)21(19)14-25-22(20)23(27)28;1-4(2)3;/h6-9,14,17H,10-13,15-16,18H2,1-5H3;4-8,10,14H,9,11-13,15-16H2,1-3H3;1H2,2-3H3;1H/q;;+1;/p-1.